The van der Waals surface area contributed by atoms with Crippen molar-refractivity contribution < 1.29 is 41.8 Å². The number of nitrogens with one attached hydrogen (secondary N) is 3. The summed E-state index contributed by atoms with van der Waals surface area (Å²) in [6.45, 7) is 1.85. The summed E-state index contributed by atoms with van der Waals surface area (Å²) in [5, 5.41) is 16.9. The third-order valence-electron chi connectivity index (χ3n) is 7.25. The molecule has 0 bridgehead atoms. The molecular formula is C27H29F4N5O5. The molecule has 2 aliphatic heterocycles. The van der Waals surface area contributed by atoms with Gasteiger partial charge in [0.25, 0.3) is 0 Å². The van der Waals surface area contributed by atoms with Crippen LogP contribution in [-0.4, -0.2) is 70.2 Å². The molecule has 0 aliphatic carbocycles. The molecule has 4 rings (SSSR count). The second-order valence-corrected chi connectivity index (χ2v) is 10.8. The van der Waals surface area contributed by atoms with Gasteiger partial charge in [0.2, 0.25) is 17.7 Å². The van der Waals surface area contributed by atoms with Crippen LogP contribution in [0.5, 0.6) is 0 Å². The molecule has 41 heavy (non-hydrogen) atoms. The van der Waals surface area contributed by atoms with E-state index in [0.717, 1.165) is 26.0 Å². The zero-order valence-electron chi connectivity index (χ0n) is 22.1. The number of hydrogen-bond acceptors (Lipinski definition) is 6. The lowest BCUT2D eigenvalue weighted by atomic mass is 9.80. The summed E-state index contributed by atoms with van der Waals surface area (Å²) < 4.78 is 52.7. The van der Waals surface area contributed by atoms with Crippen LogP contribution in [0, 0.1) is 5.82 Å². The number of carbonyl (C=O) groups is 4. The third-order valence-corrected chi connectivity index (χ3v) is 7.25. The Balaban J connectivity index is 1.64. The first-order valence-corrected chi connectivity index (χ1v) is 12.6. The normalized spacial score (nSPS) is 21.7. The van der Waals surface area contributed by atoms with E-state index in [1.165, 1.54) is 22.3 Å². The van der Waals surface area contributed by atoms with Gasteiger partial charge in [-0.2, -0.15) is 13.2 Å². The first kappa shape index (κ1) is 29.9. The molecular weight excluding hydrogens is 550 g/mol. The monoisotopic (exact) mass is 579 g/mol. The number of para-hydroxylation sites is 1. The van der Waals surface area contributed by atoms with Crippen LogP contribution in [-0.2, 0) is 31.0 Å². The van der Waals surface area contributed by atoms with Gasteiger partial charge in [0.05, 0.1) is 17.2 Å². The number of benzene rings is 2. The largest absolute Gasteiger partial charge is 0.471 e. The van der Waals surface area contributed by atoms with Gasteiger partial charge in [0.1, 0.15) is 17.9 Å². The van der Waals surface area contributed by atoms with Crippen LogP contribution in [0.15, 0.2) is 48.5 Å². The maximum Gasteiger partial charge on any atom is 0.471 e. The number of anilines is 1. The average molecular weight is 580 g/mol. The number of halogens is 4. The quantitative estimate of drug-likeness (QED) is 0.310. The molecule has 10 nitrogen and oxygen atoms in total. The zero-order chi connectivity index (χ0) is 30.3. The van der Waals surface area contributed by atoms with E-state index >= 15 is 0 Å². The summed E-state index contributed by atoms with van der Waals surface area (Å²) in [5.74, 6) is -5.56. The first-order valence-electron chi connectivity index (χ1n) is 12.6. The van der Waals surface area contributed by atoms with Gasteiger partial charge in [0.15, 0.2) is 0 Å². The Morgan fingerprint density at radius 3 is 2.46 bits per heavy atom. The molecule has 14 heteroatoms. The van der Waals surface area contributed by atoms with Gasteiger partial charge in [-0.25, -0.2) is 4.39 Å². The first-order chi connectivity index (χ1) is 19.0. The Kier molecular flexibility index (Phi) is 7.84. The molecule has 2 aliphatic rings. The minimum Gasteiger partial charge on any atom is -0.388 e. The Morgan fingerprint density at radius 2 is 1.83 bits per heavy atom. The predicted molar refractivity (Wildman–Crippen MR) is 137 cm³/mol. The molecule has 2 aromatic rings. The Hall–Kier alpha value is -4.04. The van der Waals surface area contributed by atoms with Crippen LogP contribution in [0.25, 0.3) is 0 Å². The molecule has 4 amide bonds. The van der Waals surface area contributed by atoms with Crippen molar-refractivity contribution in [3.8, 4) is 0 Å². The van der Waals surface area contributed by atoms with Crippen LogP contribution >= 0.6 is 0 Å². The number of likely N-dealkylation sites (tertiary alicyclic amines) is 1. The van der Waals surface area contributed by atoms with Crippen LogP contribution in [0.3, 0.4) is 0 Å². The fourth-order valence-corrected chi connectivity index (χ4v) is 5.25. The highest BCUT2D eigenvalue weighted by Crippen LogP contribution is 2.45. The van der Waals surface area contributed by atoms with Gasteiger partial charge < -0.3 is 31.7 Å². The fraction of sp³-hybridized carbons (Fsp3) is 0.407. The highest BCUT2D eigenvalue weighted by Gasteiger charge is 2.55. The summed E-state index contributed by atoms with van der Waals surface area (Å²) in [7, 11) is 0. The molecule has 6 N–H and O–H groups in total. The number of alkyl halides is 3. The number of hydrogen-bond donors (Lipinski definition) is 5. The predicted octanol–water partition coefficient (Wildman–Crippen LogP) is 1.08. The zero-order valence-corrected chi connectivity index (χ0v) is 22.1. The highest BCUT2D eigenvalue weighted by atomic mass is 19.4. The Morgan fingerprint density at radius 1 is 1.15 bits per heavy atom. The molecule has 0 aromatic heterocycles. The maximum atomic E-state index is 13.9. The van der Waals surface area contributed by atoms with E-state index in [-0.39, 0.29) is 30.9 Å². The van der Waals surface area contributed by atoms with E-state index in [1.807, 2.05) is 0 Å². The van der Waals surface area contributed by atoms with Crippen molar-refractivity contribution in [3.63, 3.8) is 0 Å². The lowest BCUT2D eigenvalue weighted by Gasteiger charge is -2.32. The molecule has 2 heterocycles. The minimum absolute atomic E-state index is 0.0517. The molecule has 1 unspecified atom stereocenters. The molecule has 2 aromatic carbocycles. The van der Waals surface area contributed by atoms with Crippen molar-refractivity contribution in [2.75, 3.05) is 11.9 Å². The van der Waals surface area contributed by atoms with Gasteiger partial charge in [-0.05, 0) is 43.2 Å². The van der Waals surface area contributed by atoms with Crippen LogP contribution in [0.4, 0.5) is 23.2 Å². The molecule has 220 valence electrons. The number of nitrogens with two attached hydrogens (primary N) is 1. The lowest BCUT2D eigenvalue weighted by Crippen LogP contribution is -2.63. The van der Waals surface area contributed by atoms with Crippen molar-refractivity contribution in [1.82, 2.24) is 15.5 Å². The standard InChI is InChI=1S/C27H29F4N5O5/c1-25(2,41)20(35-24(40)27(29,30)31)21(37)33-18(11-14-6-5-7-15(28)10-14)22(38)36-13-26(12-19(36)32)16-8-3-4-9-17(16)34-23(26)39/h3-10,18-20,41H,11-13,32H2,1-2H3,(H,33,37)(H,34,39)(H,35,40)/t18?,19-,20+,26-/m0/s1. The van der Waals surface area contributed by atoms with Gasteiger partial charge in [-0.1, -0.05) is 30.3 Å². The van der Waals surface area contributed by atoms with E-state index in [9.17, 15) is 41.8 Å². The summed E-state index contributed by atoms with van der Waals surface area (Å²) >= 11 is 0. The van der Waals surface area contributed by atoms with Crippen molar-refractivity contribution >= 4 is 29.3 Å². The number of fused-ring (bicyclic) bond motifs is 2. The van der Waals surface area contributed by atoms with Gasteiger partial charge in [-0.15, -0.1) is 0 Å². The Bertz CT molecular complexity index is 1380. The molecule has 1 saturated heterocycles. The summed E-state index contributed by atoms with van der Waals surface area (Å²) in [6, 6.07) is 8.38. The fourth-order valence-electron chi connectivity index (χ4n) is 5.25. The van der Waals surface area contributed by atoms with E-state index in [0.29, 0.717) is 11.3 Å². The Labute approximate surface area is 232 Å². The van der Waals surface area contributed by atoms with Gasteiger partial charge >= 0.3 is 12.1 Å². The van der Waals surface area contributed by atoms with Gasteiger partial charge in [0, 0.05) is 25.1 Å². The smallest absolute Gasteiger partial charge is 0.388 e. The SMILES string of the molecule is CC(C)(O)[C@H](NC(=O)C(F)(F)F)C(=O)NC(Cc1cccc(F)c1)C(=O)N1C[C@]2(C[C@H]1N)C(=O)Nc1ccccc12. The second kappa shape index (κ2) is 10.7. The maximum absolute atomic E-state index is 13.9. The minimum atomic E-state index is -5.35. The van der Waals surface area contributed by atoms with Crippen LogP contribution in [0.2, 0.25) is 0 Å². The van der Waals surface area contributed by atoms with Crippen molar-refractivity contribution in [3.05, 3.63) is 65.5 Å². The van der Waals surface area contributed by atoms with E-state index in [4.69, 9.17) is 5.73 Å². The number of rotatable bonds is 7. The van der Waals surface area contributed by atoms with Crippen molar-refractivity contribution in [2.45, 2.75) is 62.1 Å². The van der Waals surface area contributed by atoms with Crippen LogP contribution < -0.4 is 21.7 Å². The van der Waals surface area contributed by atoms with E-state index in [1.54, 1.807) is 24.3 Å². The number of carbonyl (C=O) groups excluding carboxylic acids is 4. The number of nitrogens with zero attached hydrogens (tertiary/aromatic N) is 1. The molecule has 1 fully saturated rings. The highest BCUT2D eigenvalue weighted by molar-refractivity contribution is 6.07. The number of aliphatic hydroxyl groups is 1. The summed E-state index contributed by atoms with van der Waals surface area (Å²) in [4.78, 5) is 52.9. The van der Waals surface area contributed by atoms with E-state index < -0.39 is 59.0 Å². The summed E-state index contributed by atoms with van der Waals surface area (Å²) in [5.41, 5.74) is 4.42. The van der Waals surface area contributed by atoms with Crippen molar-refractivity contribution in [2.24, 2.45) is 5.73 Å². The summed E-state index contributed by atoms with van der Waals surface area (Å²) in [6.07, 6.45) is -6.60. The third kappa shape index (κ3) is 6.03. The molecule has 1 spiro atoms. The van der Waals surface area contributed by atoms with Crippen molar-refractivity contribution in [1.29, 1.82) is 0 Å². The van der Waals surface area contributed by atoms with E-state index in [2.05, 4.69) is 10.6 Å². The molecule has 4 atom stereocenters. The van der Waals surface area contributed by atoms with Gasteiger partial charge in [-0.3, -0.25) is 19.2 Å². The number of amides is 4. The lowest BCUT2D eigenvalue weighted by molar-refractivity contribution is -0.176. The second-order valence-electron chi connectivity index (χ2n) is 10.8. The average Bonchev–Trinajstić information content (AvgIpc) is 3.36. The van der Waals surface area contributed by atoms with Crippen LogP contribution in [0.1, 0.15) is 31.4 Å². The molecule has 0 radical (unpaired) electrons. The molecule has 0 saturated carbocycles. The topological polar surface area (TPSA) is 154 Å².